The van der Waals surface area contributed by atoms with E-state index in [-0.39, 0.29) is 23.7 Å². The van der Waals surface area contributed by atoms with E-state index in [4.69, 9.17) is 0 Å². The monoisotopic (exact) mass is 245 g/mol. The number of nitrogens with zero attached hydrogens (tertiary/aromatic N) is 1. The molecule has 0 bridgehead atoms. The number of fused-ring (bicyclic) bond motifs is 1. The van der Waals surface area contributed by atoms with Gasteiger partial charge in [0.2, 0.25) is 5.91 Å². The molecule has 2 rings (SSSR count). The highest BCUT2D eigenvalue weighted by Gasteiger charge is 2.06. The molecule has 92 valence electrons. The number of H-pyrrole nitrogens is 1. The second-order valence-corrected chi connectivity index (χ2v) is 3.89. The van der Waals surface area contributed by atoms with Crippen LogP contribution < -0.4 is 10.9 Å². The van der Waals surface area contributed by atoms with E-state index in [0.29, 0.717) is 16.6 Å². The maximum atomic E-state index is 11.4. The molecule has 2 N–H and O–H groups in total. The molecule has 1 heterocycles. The largest absolute Gasteiger partial charge is 0.326 e. The summed E-state index contributed by atoms with van der Waals surface area (Å²) in [4.78, 5) is 40.1. The number of Topliss-reactive ketones (excluding diaryl/α,β-unsaturated/α-hetero) is 1. The Kier molecular flexibility index (Phi) is 3.18. The molecule has 1 aromatic carbocycles. The van der Waals surface area contributed by atoms with Gasteiger partial charge in [0.25, 0.3) is 5.56 Å². The lowest BCUT2D eigenvalue weighted by Gasteiger charge is -2.04. The van der Waals surface area contributed by atoms with Crippen LogP contribution in [-0.4, -0.2) is 21.7 Å². The molecule has 0 aliphatic carbocycles. The van der Waals surface area contributed by atoms with E-state index in [2.05, 4.69) is 15.3 Å². The van der Waals surface area contributed by atoms with Gasteiger partial charge >= 0.3 is 0 Å². The second-order valence-electron chi connectivity index (χ2n) is 3.89. The van der Waals surface area contributed by atoms with Crippen LogP contribution in [0.25, 0.3) is 10.9 Å². The number of nitrogens with one attached hydrogen (secondary N) is 2. The molecule has 1 amide bonds. The number of amides is 1. The van der Waals surface area contributed by atoms with Crippen molar-refractivity contribution in [3.8, 4) is 0 Å². The van der Waals surface area contributed by atoms with Crippen molar-refractivity contribution in [2.45, 2.75) is 13.3 Å². The van der Waals surface area contributed by atoms with Gasteiger partial charge in [0.15, 0.2) is 0 Å². The Morgan fingerprint density at radius 1 is 1.39 bits per heavy atom. The van der Waals surface area contributed by atoms with Crippen molar-refractivity contribution in [1.29, 1.82) is 0 Å². The summed E-state index contributed by atoms with van der Waals surface area (Å²) in [5, 5.41) is 3.02. The fourth-order valence-corrected chi connectivity index (χ4v) is 1.58. The van der Waals surface area contributed by atoms with E-state index in [0.717, 1.165) is 0 Å². The van der Waals surface area contributed by atoms with Gasteiger partial charge in [-0.3, -0.25) is 14.4 Å². The summed E-state index contributed by atoms with van der Waals surface area (Å²) in [5.41, 5.74) is 0.757. The number of anilines is 1. The topological polar surface area (TPSA) is 91.9 Å². The van der Waals surface area contributed by atoms with E-state index >= 15 is 0 Å². The summed E-state index contributed by atoms with van der Waals surface area (Å²) in [7, 11) is 0. The van der Waals surface area contributed by atoms with E-state index in [1.807, 2.05) is 0 Å². The first-order valence-corrected chi connectivity index (χ1v) is 5.33. The number of aromatic amines is 1. The van der Waals surface area contributed by atoms with Crippen LogP contribution in [-0.2, 0) is 9.59 Å². The highest BCUT2D eigenvalue weighted by atomic mass is 16.2. The Labute approximate surface area is 102 Å². The first-order valence-electron chi connectivity index (χ1n) is 5.33. The zero-order valence-electron chi connectivity index (χ0n) is 9.69. The Morgan fingerprint density at radius 2 is 2.17 bits per heavy atom. The van der Waals surface area contributed by atoms with Crippen LogP contribution in [0.1, 0.15) is 13.3 Å². The average Bonchev–Trinajstić information content (AvgIpc) is 2.27. The zero-order chi connectivity index (χ0) is 13.1. The van der Waals surface area contributed by atoms with Gasteiger partial charge in [-0.25, -0.2) is 4.98 Å². The number of carbonyl (C=O) groups is 2. The van der Waals surface area contributed by atoms with Crippen LogP contribution in [0.15, 0.2) is 29.3 Å². The molecule has 18 heavy (non-hydrogen) atoms. The molecule has 0 spiro atoms. The van der Waals surface area contributed by atoms with Crippen molar-refractivity contribution in [2.24, 2.45) is 0 Å². The number of carbonyl (C=O) groups excluding carboxylic acids is 2. The number of hydrogen-bond donors (Lipinski definition) is 2. The standard InChI is InChI=1S/C12H11N3O3/c1-7(16)4-11(17)15-8-2-3-9-10(5-8)13-6-14-12(9)18/h2-3,5-6H,4H2,1H3,(H,15,17)(H,13,14,18). The predicted molar refractivity (Wildman–Crippen MR) is 66.3 cm³/mol. The Hall–Kier alpha value is -2.50. The van der Waals surface area contributed by atoms with Crippen LogP contribution in [0.4, 0.5) is 5.69 Å². The van der Waals surface area contributed by atoms with Crippen molar-refractivity contribution >= 4 is 28.3 Å². The van der Waals surface area contributed by atoms with Gasteiger partial charge in [-0.05, 0) is 25.1 Å². The van der Waals surface area contributed by atoms with Gasteiger partial charge in [-0.1, -0.05) is 0 Å². The lowest BCUT2D eigenvalue weighted by molar-refractivity contribution is -0.124. The highest BCUT2D eigenvalue weighted by molar-refractivity contribution is 6.04. The maximum Gasteiger partial charge on any atom is 0.258 e. The van der Waals surface area contributed by atoms with E-state index in [1.54, 1.807) is 18.2 Å². The molecule has 0 radical (unpaired) electrons. The smallest absolute Gasteiger partial charge is 0.258 e. The van der Waals surface area contributed by atoms with E-state index in [9.17, 15) is 14.4 Å². The van der Waals surface area contributed by atoms with Crippen molar-refractivity contribution in [1.82, 2.24) is 9.97 Å². The summed E-state index contributed by atoms with van der Waals surface area (Å²) in [6.45, 7) is 1.35. The average molecular weight is 245 g/mol. The zero-order valence-corrected chi connectivity index (χ0v) is 9.69. The Morgan fingerprint density at radius 3 is 2.89 bits per heavy atom. The van der Waals surface area contributed by atoms with Gasteiger partial charge < -0.3 is 10.3 Å². The third-order valence-electron chi connectivity index (χ3n) is 2.33. The highest BCUT2D eigenvalue weighted by Crippen LogP contribution is 2.14. The number of hydrogen-bond acceptors (Lipinski definition) is 4. The molecule has 6 nitrogen and oxygen atoms in total. The summed E-state index contributed by atoms with van der Waals surface area (Å²) >= 11 is 0. The van der Waals surface area contributed by atoms with Crippen LogP contribution in [0.2, 0.25) is 0 Å². The number of aromatic nitrogens is 2. The molecule has 1 aromatic heterocycles. The molecule has 0 aliphatic heterocycles. The summed E-state index contributed by atoms with van der Waals surface area (Å²) in [6.07, 6.45) is 1.13. The molecule has 0 saturated heterocycles. The van der Waals surface area contributed by atoms with Gasteiger partial charge in [0.05, 0.1) is 23.7 Å². The van der Waals surface area contributed by atoms with Crippen LogP contribution in [0.3, 0.4) is 0 Å². The van der Waals surface area contributed by atoms with E-state index < -0.39 is 0 Å². The Balaban J connectivity index is 2.28. The lowest BCUT2D eigenvalue weighted by Crippen LogP contribution is -2.15. The first kappa shape index (κ1) is 12.0. The normalized spacial score (nSPS) is 10.3. The third kappa shape index (κ3) is 2.60. The minimum absolute atomic E-state index is 0.166. The molecular formula is C12H11N3O3. The predicted octanol–water partition coefficient (Wildman–Crippen LogP) is 0.841. The first-order chi connectivity index (χ1) is 8.56. The summed E-state index contributed by atoms with van der Waals surface area (Å²) < 4.78 is 0. The van der Waals surface area contributed by atoms with Gasteiger partial charge in [0, 0.05) is 5.69 Å². The molecule has 2 aromatic rings. The molecule has 0 unspecified atom stereocenters. The number of rotatable bonds is 3. The molecule has 0 aliphatic rings. The van der Waals surface area contributed by atoms with Crippen molar-refractivity contribution in [3.05, 3.63) is 34.9 Å². The lowest BCUT2D eigenvalue weighted by atomic mass is 10.2. The van der Waals surface area contributed by atoms with Crippen molar-refractivity contribution in [2.75, 3.05) is 5.32 Å². The third-order valence-corrected chi connectivity index (χ3v) is 2.33. The molecule has 0 atom stereocenters. The minimum atomic E-state index is -0.383. The Bertz CT molecular complexity index is 676. The summed E-state index contributed by atoms with van der Waals surface area (Å²) in [6, 6.07) is 4.75. The molecule has 6 heteroatoms. The van der Waals surface area contributed by atoms with Crippen LogP contribution >= 0.6 is 0 Å². The van der Waals surface area contributed by atoms with Gasteiger partial charge in [0.1, 0.15) is 5.78 Å². The number of benzene rings is 1. The summed E-state index contributed by atoms with van der Waals surface area (Å²) in [5.74, 6) is -0.588. The maximum absolute atomic E-state index is 11.4. The fraction of sp³-hybridized carbons (Fsp3) is 0.167. The van der Waals surface area contributed by atoms with Crippen LogP contribution in [0, 0.1) is 0 Å². The molecular weight excluding hydrogens is 234 g/mol. The van der Waals surface area contributed by atoms with Crippen molar-refractivity contribution < 1.29 is 9.59 Å². The minimum Gasteiger partial charge on any atom is -0.326 e. The van der Waals surface area contributed by atoms with Gasteiger partial charge in [-0.15, -0.1) is 0 Å². The van der Waals surface area contributed by atoms with Crippen LogP contribution in [0.5, 0.6) is 0 Å². The van der Waals surface area contributed by atoms with Gasteiger partial charge in [-0.2, -0.15) is 0 Å². The number of ketones is 1. The fourth-order valence-electron chi connectivity index (χ4n) is 1.58. The van der Waals surface area contributed by atoms with Crippen molar-refractivity contribution in [3.63, 3.8) is 0 Å². The van der Waals surface area contributed by atoms with E-state index in [1.165, 1.54) is 13.3 Å². The molecule has 0 saturated carbocycles. The molecule has 0 fully saturated rings. The quantitative estimate of drug-likeness (QED) is 0.784. The SMILES string of the molecule is CC(=O)CC(=O)Nc1ccc2c(=O)[nH]cnc2c1. The second kappa shape index (κ2) is 4.79.